The van der Waals surface area contributed by atoms with Crippen LogP contribution in [0.25, 0.3) is 0 Å². The van der Waals surface area contributed by atoms with Gasteiger partial charge in [0.1, 0.15) is 0 Å². The standard InChI is InChI=1S/C24H24F6N2O2/c1-14(15-9-17(23(25,26)27)11-18(10-15)24(28,29)30)34-13-22(16-5-3-2-4-6-16)8-7-19-20(32-22)12-21(33)31-19/h2-6,9-11,14,19-20,32H,7-8,12-13H2,1H3,(H,31,33)/t14-,19?,20?,22-/m1/s1. The van der Waals surface area contributed by atoms with Gasteiger partial charge in [0.25, 0.3) is 0 Å². The van der Waals surface area contributed by atoms with Crippen molar-refractivity contribution in [3.05, 3.63) is 70.8 Å². The fourth-order valence-electron chi connectivity index (χ4n) is 4.72. The minimum absolute atomic E-state index is 0.00713. The van der Waals surface area contributed by atoms with E-state index in [1.54, 1.807) is 0 Å². The number of amides is 1. The third kappa shape index (κ3) is 5.07. The van der Waals surface area contributed by atoms with E-state index >= 15 is 0 Å². The maximum atomic E-state index is 13.3. The Morgan fingerprint density at radius 3 is 2.21 bits per heavy atom. The summed E-state index contributed by atoms with van der Waals surface area (Å²) in [6, 6.07) is 10.6. The number of halogens is 6. The number of piperidine rings is 1. The molecule has 184 valence electrons. The largest absolute Gasteiger partial charge is 0.416 e. The quantitative estimate of drug-likeness (QED) is 0.562. The van der Waals surface area contributed by atoms with E-state index in [1.165, 1.54) is 6.92 Å². The highest BCUT2D eigenvalue weighted by atomic mass is 19.4. The Bertz CT molecular complexity index is 1010. The molecule has 0 bridgehead atoms. The highest BCUT2D eigenvalue weighted by molar-refractivity contribution is 5.79. The molecule has 2 fully saturated rings. The van der Waals surface area contributed by atoms with Gasteiger partial charge in [0, 0.05) is 18.5 Å². The third-order valence-corrected chi connectivity index (χ3v) is 6.57. The maximum Gasteiger partial charge on any atom is 0.416 e. The molecule has 4 atom stereocenters. The van der Waals surface area contributed by atoms with Crippen LogP contribution in [0.15, 0.2) is 48.5 Å². The second kappa shape index (κ2) is 8.88. The van der Waals surface area contributed by atoms with Crippen molar-refractivity contribution in [2.75, 3.05) is 6.61 Å². The molecule has 0 radical (unpaired) electrons. The van der Waals surface area contributed by atoms with Crippen molar-refractivity contribution in [2.24, 2.45) is 0 Å². The summed E-state index contributed by atoms with van der Waals surface area (Å²) in [6.45, 7) is 1.44. The van der Waals surface area contributed by atoms with Gasteiger partial charge in [-0.2, -0.15) is 26.3 Å². The molecule has 2 unspecified atom stereocenters. The predicted molar refractivity (Wildman–Crippen MR) is 112 cm³/mol. The highest BCUT2D eigenvalue weighted by Gasteiger charge is 2.46. The molecule has 2 aliphatic rings. The lowest BCUT2D eigenvalue weighted by atomic mass is 9.79. The Hall–Kier alpha value is -2.59. The molecule has 0 spiro atoms. The van der Waals surface area contributed by atoms with Gasteiger partial charge in [-0.25, -0.2) is 0 Å². The van der Waals surface area contributed by atoms with Crippen LogP contribution in [0.3, 0.4) is 0 Å². The highest BCUT2D eigenvalue weighted by Crippen LogP contribution is 2.40. The molecule has 1 amide bonds. The van der Waals surface area contributed by atoms with Gasteiger partial charge in [-0.3, -0.25) is 4.79 Å². The van der Waals surface area contributed by atoms with Gasteiger partial charge < -0.3 is 15.4 Å². The zero-order valence-corrected chi connectivity index (χ0v) is 18.3. The van der Waals surface area contributed by atoms with Crippen LogP contribution >= 0.6 is 0 Å². The van der Waals surface area contributed by atoms with Gasteiger partial charge >= 0.3 is 12.4 Å². The summed E-state index contributed by atoms with van der Waals surface area (Å²) < 4.78 is 85.5. The molecule has 34 heavy (non-hydrogen) atoms. The summed E-state index contributed by atoms with van der Waals surface area (Å²) in [5.74, 6) is -0.0655. The smallest absolute Gasteiger partial charge is 0.372 e. The Kier molecular flexibility index (Phi) is 6.41. The number of carbonyl (C=O) groups is 1. The summed E-state index contributed by atoms with van der Waals surface area (Å²) in [5, 5.41) is 6.41. The summed E-state index contributed by atoms with van der Waals surface area (Å²) in [7, 11) is 0. The summed E-state index contributed by atoms with van der Waals surface area (Å²) in [5.41, 5.74) is -2.83. The first-order chi connectivity index (χ1) is 15.9. The van der Waals surface area contributed by atoms with Crippen molar-refractivity contribution in [1.82, 2.24) is 10.6 Å². The number of carbonyl (C=O) groups excluding carboxylic acids is 1. The predicted octanol–water partition coefficient (Wildman–Crippen LogP) is 5.34. The number of nitrogens with one attached hydrogen (secondary N) is 2. The van der Waals surface area contributed by atoms with Gasteiger partial charge in [-0.1, -0.05) is 30.3 Å². The molecule has 4 nitrogen and oxygen atoms in total. The lowest BCUT2D eigenvalue weighted by Crippen LogP contribution is -2.59. The van der Waals surface area contributed by atoms with E-state index in [-0.39, 0.29) is 42.6 Å². The zero-order valence-electron chi connectivity index (χ0n) is 18.3. The van der Waals surface area contributed by atoms with Crippen molar-refractivity contribution < 1.29 is 35.9 Å². The Morgan fingerprint density at radius 2 is 1.62 bits per heavy atom. The molecule has 10 heteroatoms. The Balaban J connectivity index is 1.61. The zero-order chi connectivity index (χ0) is 24.7. The van der Waals surface area contributed by atoms with E-state index in [2.05, 4.69) is 10.6 Å². The fourth-order valence-corrected chi connectivity index (χ4v) is 4.72. The number of fused-ring (bicyclic) bond motifs is 1. The van der Waals surface area contributed by atoms with Crippen LogP contribution in [0.1, 0.15) is 54.5 Å². The van der Waals surface area contributed by atoms with E-state index in [0.717, 1.165) is 5.56 Å². The first kappa shape index (κ1) is 24.5. The average Bonchev–Trinajstić information content (AvgIpc) is 3.15. The first-order valence-electron chi connectivity index (χ1n) is 10.9. The van der Waals surface area contributed by atoms with Gasteiger partial charge in [0.15, 0.2) is 0 Å². The second-order valence-corrected chi connectivity index (χ2v) is 8.91. The molecule has 4 rings (SSSR count). The molecule has 2 heterocycles. The van der Waals surface area contributed by atoms with Crippen LogP contribution < -0.4 is 10.6 Å². The molecule has 2 aromatic rings. The number of alkyl halides is 6. The lowest BCUT2D eigenvalue weighted by Gasteiger charge is -2.44. The second-order valence-electron chi connectivity index (χ2n) is 8.91. The number of hydrogen-bond acceptors (Lipinski definition) is 3. The lowest BCUT2D eigenvalue weighted by molar-refractivity contribution is -0.143. The molecular formula is C24H24F6N2O2. The van der Waals surface area contributed by atoms with Crippen molar-refractivity contribution in [2.45, 2.75) is 62.3 Å². The molecule has 2 N–H and O–H groups in total. The van der Waals surface area contributed by atoms with Crippen molar-refractivity contribution in [3.8, 4) is 0 Å². The molecule has 0 aromatic heterocycles. The van der Waals surface area contributed by atoms with Crippen LogP contribution in [0.5, 0.6) is 0 Å². The third-order valence-electron chi connectivity index (χ3n) is 6.57. The molecule has 0 aliphatic carbocycles. The number of rotatable bonds is 5. The topological polar surface area (TPSA) is 50.4 Å². The monoisotopic (exact) mass is 486 g/mol. The van der Waals surface area contributed by atoms with Crippen molar-refractivity contribution in [3.63, 3.8) is 0 Å². The van der Waals surface area contributed by atoms with E-state index in [1.807, 2.05) is 30.3 Å². The Morgan fingerprint density at radius 1 is 1.00 bits per heavy atom. The van der Waals surface area contributed by atoms with Crippen LogP contribution in [0.4, 0.5) is 26.3 Å². The van der Waals surface area contributed by atoms with Gasteiger partial charge in [0.05, 0.1) is 29.4 Å². The first-order valence-corrected chi connectivity index (χ1v) is 10.9. The van der Waals surface area contributed by atoms with E-state index in [9.17, 15) is 31.1 Å². The van der Waals surface area contributed by atoms with E-state index in [0.29, 0.717) is 25.0 Å². The normalized spacial score (nSPS) is 26.1. The van der Waals surface area contributed by atoms with Crippen LogP contribution in [0, 0.1) is 0 Å². The summed E-state index contributed by atoms with van der Waals surface area (Å²) in [4.78, 5) is 11.9. The molecular weight excluding hydrogens is 462 g/mol. The minimum Gasteiger partial charge on any atom is -0.372 e. The van der Waals surface area contributed by atoms with Gasteiger partial charge in [0.2, 0.25) is 5.91 Å². The van der Waals surface area contributed by atoms with E-state index in [4.69, 9.17) is 4.74 Å². The molecule has 2 saturated heterocycles. The minimum atomic E-state index is -4.93. The van der Waals surface area contributed by atoms with Crippen LogP contribution in [0.2, 0.25) is 0 Å². The Labute approximate surface area is 192 Å². The molecule has 2 aliphatic heterocycles. The van der Waals surface area contributed by atoms with Crippen LogP contribution in [-0.2, 0) is 27.4 Å². The summed E-state index contributed by atoms with van der Waals surface area (Å²) in [6.07, 6.45) is -9.37. The average molecular weight is 486 g/mol. The molecule has 0 saturated carbocycles. The number of ether oxygens (including phenoxy) is 1. The SMILES string of the molecule is C[C@@H](OC[C@@]1(c2ccccc2)CCC2NC(=O)CC2N1)c1cc(C(F)(F)F)cc(C(F)(F)F)c1. The number of hydrogen-bond donors (Lipinski definition) is 2. The molecule has 2 aromatic carbocycles. The van der Waals surface area contributed by atoms with Crippen molar-refractivity contribution in [1.29, 1.82) is 0 Å². The van der Waals surface area contributed by atoms with E-state index < -0.39 is 35.1 Å². The van der Waals surface area contributed by atoms with Gasteiger partial charge in [-0.05, 0) is 49.1 Å². The number of benzene rings is 2. The summed E-state index contributed by atoms with van der Waals surface area (Å²) >= 11 is 0. The van der Waals surface area contributed by atoms with Gasteiger partial charge in [-0.15, -0.1) is 0 Å². The van der Waals surface area contributed by atoms with Crippen LogP contribution in [-0.4, -0.2) is 24.6 Å². The van der Waals surface area contributed by atoms with Crippen molar-refractivity contribution >= 4 is 5.91 Å². The fraction of sp³-hybridized carbons (Fsp3) is 0.458. The maximum absolute atomic E-state index is 13.3.